The second-order valence-corrected chi connectivity index (χ2v) is 4.56. The van der Waals surface area contributed by atoms with Crippen LogP contribution in [0, 0.1) is 5.82 Å². The average Bonchev–Trinajstić information content (AvgIpc) is 2.41. The van der Waals surface area contributed by atoms with E-state index in [9.17, 15) is 9.18 Å². The van der Waals surface area contributed by atoms with Crippen LogP contribution in [-0.4, -0.2) is 10.9 Å². The van der Waals surface area contributed by atoms with Crippen molar-refractivity contribution in [2.24, 2.45) is 5.84 Å². The third-order valence-electron chi connectivity index (χ3n) is 2.40. The number of nitrogens with zero attached hydrogens (tertiary/aromatic N) is 1. The fraction of sp³-hybridized carbons (Fsp3) is 0. The van der Waals surface area contributed by atoms with Crippen molar-refractivity contribution in [1.29, 1.82) is 0 Å². The Labute approximate surface area is 117 Å². The second kappa shape index (κ2) is 5.77. The monoisotopic (exact) mass is 324 g/mol. The van der Waals surface area contributed by atoms with E-state index >= 15 is 0 Å². The van der Waals surface area contributed by atoms with Crippen molar-refractivity contribution in [3.05, 3.63) is 52.5 Å². The van der Waals surface area contributed by atoms with E-state index in [1.807, 2.05) is 0 Å². The molecule has 1 aromatic carbocycles. The number of anilines is 2. The van der Waals surface area contributed by atoms with Gasteiger partial charge < -0.3 is 10.7 Å². The molecule has 19 heavy (non-hydrogen) atoms. The highest BCUT2D eigenvalue weighted by molar-refractivity contribution is 9.10. The highest BCUT2D eigenvalue weighted by atomic mass is 79.9. The molecule has 2 rings (SSSR count). The number of nitrogens with two attached hydrogens (primary N) is 1. The molecule has 0 saturated heterocycles. The Kier molecular flexibility index (Phi) is 4.08. The Bertz CT molecular complexity index is 620. The maximum Gasteiger partial charge on any atom is 0.259 e. The lowest BCUT2D eigenvalue weighted by Crippen LogP contribution is -2.18. The number of nitrogens with one attached hydrogen (secondary N) is 2. The summed E-state index contributed by atoms with van der Waals surface area (Å²) in [7, 11) is 0. The van der Waals surface area contributed by atoms with Gasteiger partial charge in [0.25, 0.3) is 5.91 Å². The summed E-state index contributed by atoms with van der Waals surface area (Å²) in [5.41, 5.74) is 3.10. The van der Waals surface area contributed by atoms with Gasteiger partial charge in [-0.25, -0.2) is 4.39 Å². The first-order valence-corrected chi connectivity index (χ1v) is 6.08. The van der Waals surface area contributed by atoms with Gasteiger partial charge >= 0.3 is 0 Å². The van der Waals surface area contributed by atoms with Gasteiger partial charge in [-0.05, 0) is 24.3 Å². The number of benzene rings is 1. The molecule has 0 atom stereocenters. The molecule has 1 amide bonds. The molecule has 0 aliphatic rings. The molecule has 0 unspecified atom stereocenters. The van der Waals surface area contributed by atoms with Crippen molar-refractivity contribution in [3.63, 3.8) is 0 Å². The number of aromatic nitrogens is 1. The standard InChI is InChI=1S/C12H10BrFN4O/c13-7-1-2-11(9(14)5-7)17-12(19)8-6-16-4-3-10(8)18-15/h1-6H,15H2,(H,16,18)(H,17,19). The maximum absolute atomic E-state index is 13.6. The number of hydrogen-bond donors (Lipinski definition) is 3. The zero-order chi connectivity index (χ0) is 13.8. The Morgan fingerprint density at radius 2 is 2.11 bits per heavy atom. The van der Waals surface area contributed by atoms with Crippen LogP contribution in [0.25, 0.3) is 0 Å². The number of rotatable bonds is 3. The summed E-state index contributed by atoms with van der Waals surface area (Å²) in [6.07, 6.45) is 2.84. The summed E-state index contributed by atoms with van der Waals surface area (Å²) in [6.45, 7) is 0. The predicted molar refractivity (Wildman–Crippen MR) is 74.1 cm³/mol. The summed E-state index contributed by atoms with van der Waals surface area (Å²) >= 11 is 3.14. The Morgan fingerprint density at radius 1 is 1.32 bits per heavy atom. The summed E-state index contributed by atoms with van der Waals surface area (Å²) in [5, 5.41) is 2.46. The number of amides is 1. The van der Waals surface area contributed by atoms with Gasteiger partial charge in [-0.2, -0.15) is 0 Å². The van der Waals surface area contributed by atoms with Gasteiger partial charge in [-0.3, -0.25) is 15.6 Å². The zero-order valence-corrected chi connectivity index (χ0v) is 11.2. The molecule has 0 bridgehead atoms. The number of halogens is 2. The van der Waals surface area contributed by atoms with Crippen molar-refractivity contribution in [2.75, 3.05) is 10.7 Å². The summed E-state index contributed by atoms with van der Waals surface area (Å²) < 4.78 is 14.2. The molecule has 0 radical (unpaired) electrons. The molecule has 2 aromatic rings. The van der Waals surface area contributed by atoms with E-state index in [1.165, 1.54) is 24.5 Å². The summed E-state index contributed by atoms with van der Waals surface area (Å²) in [4.78, 5) is 15.8. The van der Waals surface area contributed by atoms with E-state index in [4.69, 9.17) is 5.84 Å². The van der Waals surface area contributed by atoms with Crippen LogP contribution in [0.3, 0.4) is 0 Å². The summed E-state index contributed by atoms with van der Waals surface area (Å²) in [6, 6.07) is 5.90. The first-order chi connectivity index (χ1) is 9.11. The van der Waals surface area contributed by atoms with Crippen LogP contribution >= 0.6 is 15.9 Å². The number of hydrogen-bond acceptors (Lipinski definition) is 4. The van der Waals surface area contributed by atoms with E-state index in [0.717, 1.165) is 0 Å². The molecule has 7 heteroatoms. The Morgan fingerprint density at radius 3 is 2.79 bits per heavy atom. The third kappa shape index (κ3) is 3.07. The van der Waals surface area contributed by atoms with Crippen molar-refractivity contribution >= 4 is 33.2 Å². The SMILES string of the molecule is NNc1ccncc1C(=O)Nc1ccc(Br)cc1F. The van der Waals surface area contributed by atoms with Gasteiger partial charge in [0, 0.05) is 16.9 Å². The largest absolute Gasteiger partial charge is 0.323 e. The molecule has 5 nitrogen and oxygen atoms in total. The number of pyridine rings is 1. The fourth-order valence-electron chi connectivity index (χ4n) is 1.48. The second-order valence-electron chi connectivity index (χ2n) is 3.64. The quantitative estimate of drug-likeness (QED) is 0.598. The van der Waals surface area contributed by atoms with Crippen molar-refractivity contribution in [1.82, 2.24) is 4.98 Å². The van der Waals surface area contributed by atoms with Crippen LogP contribution in [-0.2, 0) is 0 Å². The molecule has 0 spiro atoms. The van der Waals surface area contributed by atoms with E-state index in [1.54, 1.807) is 12.1 Å². The highest BCUT2D eigenvalue weighted by Crippen LogP contribution is 2.21. The number of carbonyl (C=O) groups is 1. The van der Waals surface area contributed by atoms with Gasteiger partial charge in [0.15, 0.2) is 0 Å². The van der Waals surface area contributed by atoms with E-state index in [0.29, 0.717) is 10.2 Å². The molecule has 1 heterocycles. The average molecular weight is 325 g/mol. The molecule has 0 aliphatic carbocycles. The van der Waals surface area contributed by atoms with Gasteiger partial charge in [0.05, 0.1) is 16.9 Å². The minimum absolute atomic E-state index is 0.0834. The first kappa shape index (κ1) is 13.4. The van der Waals surface area contributed by atoms with E-state index in [2.05, 4.69) is 31.7 Å². The lowest BCUT2D eigenvalue weighted by atomic mass is 10.2. The molecule has 0 aliphatic heterocycles. The Hall–Kier alpha value is -1.99. The maximum atomic E-state index is 13.6. The van der Waals surface area contributed by atoms with Crippen molar-refractivity contribution in [2.45, 2.75) is 0 Å². The smallest absolute Gasteiger partial charge is 0.259 e. The molecule has 98 valence electrons. The van der Waals surface area contributed by atoms with Crippen molar-refractivity contribution in [3.8, 4) is 0 Å². The van der Waals surface area contributed by atoms with Gasteiger partial charge in [-0.15, -0.1) is 0 Å². The highest BCUT2D eigenvalue weighted by Gasteiger charge is 2.13. The van der Waals surface area contributed by atoms with Crippen LogP contribution < -0.4 is 16.6 Å². The van der Waals surface area contributed by atoms with Gasteiger partial charge in [0.2, 0.25) is 0 Å². The fourth-order valence-corrected chi connectivity index (χ4v) is 1.81. The lowest BCUT2D eigenvalue weighted by Gasteiger charge is -2.09. The molecule has 1 aromatic heterocycles. The van der Waals surface area contributed by atoms with Crippen molar-refractivity contribution < 1.29 is 9.18 Å². The lowest BCUT2D eigenvalue weighted by molar-refractivity contribution is 0.102. The van der Waals surface area contributed by atoms with Crippen LogP contribution in [0.2, 0.25) is 0 Å². The zero-order valence-electron chi connectivity index (χ0n) is 9.65. The Balaban J connectivity index is 2.26. The minimum Gasteiger partial charge on any atom is -0.323 e. The van der Waals surface area contributed by atoms with Gasteiger partial charge in [0.1, 0.15) is 5.82 Å². The normalized spacial score (nSPS) is 10.1. The van der Waals surface area contributed by atoms with E-state index in [-0.39, 0.29) is 11.3 Å². The van der Waals surface area contributed by atoms with E-state index < -0.39 is 11.7 Å². The predicted octanol–water partition coefficient (Wildman–Crippen LogP) is 2.52. The molecule has 4 N–H and O–H groups in total. The first-order valence-electron chi connectivity index (χ1n) is 5.29. The minimum atomic E-state index is -0.533. The topological polar surface area (TPSA) is 80.0 Å². The van der Waals surface area contributed by atoms with Gasteiger partial charge in [-0.1, -0.05) is 15.9 Å². The van der Waals surface area contributed by atoms with Crippen LogP contribution in [0.15, 0.2) is 41.1 Å². The number of nitrogen functional groups attached to an aromatic ring is 1. The third-order valence-corrected chi connectivity index (χ3v) is 2.89. The molecular formula is C12H10BrFN4O. The number of hydrazine groups is 1. The van der Waals surface area contributed by atoms with Crippen LogP contribution in [0.5, 0.6) is 0 Å². The summed E-state index contributed by atoms with van der Waals surface area (Å²) in [5.74, 6) is 4.26. The molecule has 0 fully saturated rings. The van der Waals surface area contributed by atoms with Crippen LogP contribution in [0.4, 0.5) is 15.8 Å². The number of carbonyl (C=O) groups excluding carboxylic acids is 1. The molecular weight excluding hydrogens is 315 g/mol. The molecule has 0 saturated carbocycles. The van der Waals surface area contributed by atoms with Crippen LogP contribution in [0.1, 0.15) is 10.4 Å².